The molecule has 0 N–H and O–H groups in total. The molecule has 0 amide bonds. The summed E-state index contributed by atoms with van der Waals surface area (Å²) in [4.78, 5) is 13.2. The summed E-state index contributed by atoms with van der Waals surface area (Å²) < 4.78 is 18.3. The van der Waals surface area contributed by atoms with E-state index in [9.17, 15) is 14.4 Å². The van der Waals surface area contributed by atoms with E-state index in [1.165, 1.54) is 18.9 Å². The molecule has 1 saturated carbocycles. The lowest BCUT2D eigenvalue weighted by Crippen LogP contribution is -2.06. The number of Topliss-reactive ketones (excluding diaryl/α,β-unsaturated/α-hetero) is 1. The van der Waals surface area contributed by atoms with E-state index < -0.39 is 0 Å². The van der Waals surface area contributed by atoms with Gasteiger partial charge in [-0.05, 0) is 76.4 Å². The number of nitrogens with zero attached hydrogens (tertiary/aromatic N) is 3. The fourth-order valence-corrected chi connectivity index (χ4v) is 4.29. The van der Waals surface area contributed by atoms with Crippen LogP contribution in [0.4, 0.5) is 4.39 Å². The molecule has 3 aromatic rings. The number of hydrogen-bond acceptors (Lipinski definition) is 2. The van der Waals surface area contributed by atoms with E-state index in [0.717, 1.165) is 22.6 Å². The number of nitriles is 1. The third-order valence-electron chi connectivity index (χ3n) is 5.87. The van der Waals surface area contributed by atoms with Crippen LogP contribution in [-0.2, 0) is 0 Å². The predicted octanol–water partition coefficient (Wildman–Crippen LogP) is 5.78. The number of benzene rings is 1. The Morgan fingerprint density at radius 1 is 1.10 bits per heavy atom. The summed E-state index contributed by atoms with van der Waals surface area (Å²) in [6.45, 7) is 7.69. The lowest BCUT2D eigenvalue weighted by atomic mass is 10.0. The Bertz CT molecular complexity index is 1230. The molecule has 2 heterocycles. The first kappa shape index (κ1) is 19.9. The fourth-order valence-electron chi connectivity index (χ4n) is 4.29. The van der Waals surface area contributed by atoms with E-state index >= 15 is 0 Å². The van der Waals surface area contributed by atoms with Crippen molar-refractivity contribution in [1.82, 2.24) is 9.13 Å². The Balaban J connectivity index is 1.75. The molecule has 2 aromatic heterocycles. The highest BCUT2D eigenvalue weighted by Crippen LogP contribution is 2.38. The van der Waals surface area contributed by atoms with E-state index in [4.69, 9.17) is 0 Å². The zero-order chi connectivity index (χ0) is 21.6. The molecule has 0 unspecified atom stereocenters. The molecule has 30 heavy (non-hydrogen) atoms. The lowest BCUT2D eigenvalue weighted by Gasteiger charge is -2.10. The molecule has 0 spiro atoms. The summed E-state index contributed by atoms with van der Waals surface area (Å²) in [5.41, 5.74) is 5.36. The number of ketones is 1. The van der Waals surface area contributed by atoms with Gasteiger partial charge in [0.1, 0.15) is 17.5 Å². The van der Waals surface area contributed by atoms with Crippen molar-refractivity contribution in [2.45, 2.75) is 46.6 Å². The molecule has 1 aliphatic rings. The summed E-state index contributed by atoms with van der Waals surface area (Å²) in [5, 5.41) is 9.72. The number of carbonyl (C=O) groups excluding carboxylic acids is 1. The van der Waals surface area contributed by atoms with Gasteiger partial charge in [0.15, 0.2) is 0 Å². The summed E-state index contributed by atoms with van der Waals surface area (Å²) in [7, 11) is 0. The number of para-hydroxylation sites is 1. The second-order valence-electron chi connectivity index (χ2n) is 8.00. The molecule has 5 heteroatoms. The zero-order valence-corrected chi connectivity index (χ0v) is 17.7. The lowest BCUT2D eigenvalue weighted by molar-refractivity contribution is 0.103. The van der Waals surface area contributed by atoms with Crippen molar-refractivity contribution in [2.75, 3.05) is 0 Å². The van der Waals surface area contributed by atoms with Gasteiger partial charge in [-0.1, -0.05) is 12.1 Å². The van der Waals surface area contributed by atoms with E-state index in [2.05, 4.69) is 17.6 Å². The Hall–Kier alpha value is -3.39. The average molecular weight is 401 g/mol. The maximum absolute atomic E-state index is 14.3. The number of hydrogen-bond donors (Lipinski definition) is 0. The Morgan fingerprint density at radius 2 is 1.80 bits per heavy atom. The predicted molar refractivity (Wildman–Crippen MR) is 115 cm³/mol. The van der Waals surface area contributed by atoms with E-state index in [0.29, 0.717) is 23.0 Å². The van der Waals surface area contributed by atoms with Crippen molar-refractivity contribution >= 4 is 11.9 Å². The van der Waals surface area contributed by atoms with E-state index in [1.807, 2.05) is 19.9 Å². The summed E-state index contributed by atoms with van der Waals surface area (Å²) in [6.07, 6.45) is 4.02. The SMILES string of the molecule is Cc1cc(C(=O)/C(C#N)=C\c2cc(C)n(C3CC3)c2C)c(C)n1-c1ccccc1F. The average Bonchev–Trinajstić information content (AvgIpc) is 3.44. The van der Waals surface area contributed by atoms with Gasteiger partial charge in [-0.15, -0.1) is 0 Å². The molecule has 1 aromatic carbocycles. The van der Waals surface area contributed by atoms with Crippen LogP contribution in [0.3, 0.4) is 0 Å². The first-order valence-corrected chi connectivity index (χ1v) is 10.1. The highest BCUT2D eigenvalue weighted by Gasteiger charge is 2.27. The van der Waals surface area contributed by atoms with E-state index in [1.54, 1.807) is 41.8 Å². The minimum atomic E-state index is -0.359. The molecule has 0 atom stereocenters. The van der Waals surface area contributed by atoms with Gasteiger partial charge in [0.05, 0.1) is 5.69 Å². The second kappa shape index (κ2) is 7.46. The summed E-state index contributed by atoms with van der Waals surface area (Å²) in [5.74, 6) is -0.703. The van der Waals surface area contributed by atoms with Gasteiger partial charge in [0.2, 0.25) is 5.78 Å². The smallest absolute Gasteiger partial charge is 0.205 e. The van der Waals surface area contributed by atoms with Crippen molar-refractivity contribution in [2.24, 2.45) is 0 Å². The number of aromatic nitrogens is 2. The van der Waals surface area contributed by atoms with Crippen molar-refractivity contribution in [3.8, 4) is 11.8 Å². The highest BCUT2D eigenvalue weighted by molar-refractivity contribution is 6.15. The molecular formula is C25H24FN3O. The molecule has 4 rings (SSSR count). The van der Waals surface area contributed by atoms with Gasteiger partial charge < -0.3 is 9.13 Å². The number of rotatable bonds is 5. The van der Waals surface area contributed by atoms with Crippen molar-refractivity contribution in [1.29, 1.82) is 5.26 Å². The van der Waals surface area contributed by atoms with Crippen LogP contribution in [0.2, 0.25) is 0 Å². The van der Waals surface area contributed by atoms with Gasteiger partial charge in [-0.2, -0.15) is 5.26 Å². The fraction of sp³-hybridized carbons (Fsp3) is 0.280. The van der Waals surface area contributed by atoms with Gasteiger partial charge in [-0.25, -0.2) is 4.39 Å². The van der Waals surface area contributed by atoms with Crippen LogP contribution in [0.25, 0.3) is 11.8 Å². The van der Waals surface area contributed by atoms with Crippen LogP contribution in [0.1, 0.15) is 57.6 Å². The number of aryl methyl sites for hydroxylation is 2. The third-order valence-corrected chi connectivity index (χ3v) is 5.87. The Labute approximate surface area is 175 Å². The molecule has 0 radical (unpaired) electrons. The van der Waals surface area contributed by atoms with Crippen LogP contribution in [-0.4, -0.2) is 14.9 Å². The largest absolute Gasteiger partial charge is 0.346 e. The van der Waals surface area contributed by atoms with E-state index in [-0.39, 0.29) is 17.2 Å². The molecule has 0 bridgehead atoms. The molecular weight excluding hydrogens is 377 g/mol. The summed E-state index contributed by atoms with van der Waals surface area (Å²) >= 11 is 0. The standard InChI is InChI=1S/C25H24FN3O/c1-15-11-19(17(3)28(15)21-9-10-21)13-20(14-27)25(30)22-12-16(2)29(18(22)4)24-8-6-5-7-23(24)26/h5-8,11-13,21H,9-10H2,1-4H3/b20-13-. The first-order chi connectivity index (χ1) is 14.3. The second-order valence-corrected chi connectivity index (χ2v) is 8.00. The minimum absolute atomic E-state index is 0.0832. The van der Waals surface area contributed by atoms with Gasteiger partial charge >= 0.3 is 0 Å². The molecule has 4 nitrogen and oxygen atoms in total. The highest BCUT2D eigenvalue weighted by atomic mass is 19.1. The van der Waals surface area contributed by atoms with Crippen LogP contribution in [0.15, 0.2) is 42.0 Å². The maximum atomic E-state index is 14.3. The normalized spacial score (nSPS) is 14.1. The van der Waals surface area contributed by atoms with Crippen LogP contribution in [0.5, 0.6) is 0 Å². The van der Waals surface area contributed by atoms with Gasteiger partial charge in [0.25, 0.3) is 0 Å². The number of allylic oxidation sites excluding steroid dienone is 1. The number of carbonyl (C=O) groups is 1. The quantitative estimate of drug-likeness (QED) is 0.309. The van der Waals surface area contributed by atoms with Crippen molar-refractivity contribution < 1.29 is 9.18 Å². The Morgan fingerprint density at radius 3 is 2.43 bits per heavy atom. The van der Waals surface area contributed by atoms with Crippen LogP contribution in [0, 0.1) is 44.8 Å². The molecule has 1 aliphatic carbocycles. The minimum Gasteiger partial charge on any atom is -0.346 e. The first-order valence-electron chi connectivity index (χ1n) is 10.1. The zero-order valence-electron chi connectivity index (χ0n) is 17.7. The van der Waals surface area contributed by atoms with Gasteiger partial charge in [-0.3, -0.25) is 4.79 Å². The van der Waals surface area contributed by atoms with Crippen molar-refractivity contribution in [3.05, 3.63) is 81.7 Å². The molecule has 152 valence electrons. The molecule has 0 saturated heterocycles. The van der Waals surface area contributed by atoms with Crippen LogP contribution >= 0.6 is 0 Å². The van der Waals surface area contributed by atoms with Crippen LogP contribution < -0.4 is 0 Å². The molecule has 1 fully saturated rings. The van der Waals surface area contributed by atoms with Crippen molar-refractivity contribution in [3.63, 3.8) is 0 Å². The maximum Gasteiger partial charge on any atom is 0.205 e. The van der Waals surface area contributed by atoms with Gasteiger partial charge in [0, 0.05) is 34.4 Å². The molecule has 0 aliphatic heterocycles. The number of halogens is 1. The Kier molecular flexibility index (Phi) is 4.95. The third kappa shape index (κ3) is 3.29. The monoisotopic (exact) mass is 401 g/mol. The topological polar surface area (TPSA) is 50.7 Å². The summed E-state index contributed by atoms with van der Waals surface area (Å²) in [6, 6.07) is 12.8.